The smallest absolute Gasteiger partial charge is 0.120 e. The number of rotatable bonds is 2. The quantitative estimate of drug-likeness (QED) is 0.745. The van der Waals surface area contributed by atoms with Crippen molar-refractivity contribution in [3.63, 3.8) is 0 Å². The molecular formula is C11H13NO. The third-order valence-electron chi connectivity index (χ3n) is 2.04. The van der Waals surface area contributed by atoms with E-state index in [-0.39, 0.29) is 0 Å². The fourth-order valence-corrected chi connectivity index (χ4v) is 1.45. The van der Waals surface area contributed by atoms with Gasteiger partial charge in [-0.1, -0.05) is 12.2 Å². The van der Waals surface area contributed by atoms with Gasteiger partial charge in [-0.25, -0.2) is 0 Å². The predicted octanol–water partition coefficient (Wildman–Crippen LogP) is 2.52. The van der Waals surface area contributed by atoms with Gasteiger partial charge in [-0.15, -0.1) is 0 Å². The molecule has 0 amide bonds. The topological polar surface area (TPSA) is 21.3 Å². The Balaban J connectivity index is 2.31. The highest BCUT2D eigenvalue weighted by Crippen LogP contribution is 2.25. The summed E-state index contributed by atoms with van der Waals surface area (Å²) in [7, 11) is 0. The Morgan fingerprint density at radius 3 is 3.23 bits per heavy atom. The first kappa shape index (κ1) is 8.17. The van der Waals surface area contributed by atoms with Crippen LogP contribution >= 0.6 is 0 Å². The Morgan fingerprint density at radius 2 is 2.38 bits per heavy atom. The summed E-state index contributed by atoms with van der Waals surface area (Å²) in [5.74, 6) is 0.939. The zero-order valence-corrected chi connectivity index (χ0v) is 7.71. The standard InChI is InChI=1S/C11H13NO/c1-2-13-10-5-6-11-9(8-10)4-3-7-12-11/h3-6,8,12H,2,7H2,1H3. The van der Waals surface area contributed by atoms with Crippen LogP contribution in [-0.2, 0) is 0 Å². The van der Waals surface area contributed by atoms with Crippen molar-refractivity contribution in [3.8, 4) is 5.75 Å². The average Bonchev–Trinajstić information content (AvgIpc) is 2.18. The fraction of sp³-hybridized carbons (Fsp3) is 0.273. The Kier molecular flexibility index (Phi) is 2.21. The highest BCUT2D eigenvalue weighted by molar-refractivity contribution is 5.71. The monoisotopic (exact) mass is 175 g/mol. The highest BCUT2D eigenvalue weighted by Gasteiger charge is 2.03. The van der Waals surface area contributed by atoms with E-state index in [9.17, 15) is 0 Å². The largest absolute Gasteiger partial charge is 0.494 e. The number of ether oxygens (including phenoxy) is 1. The molecule has 0 unspecified atom stereocenters. The minimum atomic E-state index is 0.718. The van der Waals surface area contributed by atoms with E-state index >= 15 is 0 Å². The summed E-state index contributed by atoms with van der Waals surface area (Å²) in [6.07, 6.45) is 4.23. The van der Waals surface area contributed by atoms with Crippen molar-refractivity contribution in [2.75, 3.05) is 18.5 Å². The highest BCUT2D eigenvalue weighted by atomic mass is 16.5. The van der Waals surface area contributed by atoms with E-state index in [1.807, 2.05) is 13.0 Å². The van der Waals surface area contributed by atoms with Gasteiger partial charge in [0.15, 0.2) is 0 Å². The molecule has 2 heteroatoms. The molecule has 1 aromatic rings. The van der Waals surface area contributed by atoms with Crippen molar-refractivity contribution in [1.82, 2.24) is 0 Å². The second kappa shape index (κ2) is 3.52. The van der Waals surface area contributed by atoms with E-state index < -0.39 is 0 Å². The minimum Gasteiger partial charge on any atom is -0.494 e. The maximum atomic E-state index is 5.41. The summed E-state index contributed by atoms with van der Waals surface area (Å²) >= 11 is 0. The van der Waals surface area contributed by atoms with Crippen LogP contribution < -0.4 is 10.1 Å². The lowest BCUT2D eigenvalue weighted by atomic mass is 10.1. The molecule has 1 heterocycles. The molecule has 1 N–H and O–H groups in total. The van der Waals surface area contributed by atoms with Gasteiger partial charge in [0.05, 0.1) is 6.61 Å². The van der Waals surface area contributed by atoms with Crippen LogP contribution in [0, 0.1) is 0 Å². The molecule has 2 rings (SSSR count). The zero-order valence-electron chi connectivity index (χ0n) is 7.71. The van der Waals surface area contributed by atoms with Crippen molar-refractivity contribution in [2.45, 2.75) is 6.92 Å². The molecule has 1 aromatic carbocycles. The molecule has 1 aliphatic heterocycles. The van der Waals surface area contributed by atoms with Crippen LogP contribution in [0.15, 0.2) is 24.3 Å². The Morgan fingerprint density at radius 1 is 1.46 bits per heavy atom. The number of hydrogen-bond donors (Lipinski definition) is 1. The first-order chi connectivity index (χ1) is 6.40. The first-order valence-corrected chi connectivity index (χ1v) is 4.57. The summed E-state index contributed by atoms with van der Waals surface area (Å²) in [6, 6.07) is 6.11. The van der Waals surface area contributed by atoms with Crippen LogP contribution in [0.2, 0.25) is 0 Å². The molecule has 0 aliphatic carbocycles. The van der Waals surface area contributed by atoms with E-state index in [0.29, 0.717) is 0 Å². The lowest BCUT2D eigenvalue weighted by Gasteiger charge is -2.13. The second-order valence-electron chi connectivity index (χ2n) is 2.97. The van der Waals surface area contributed by atoms with Crippen molar-refractivity contribution < 1.29 is 4.74 Å². The van der Waals surface area contributed by atoms with Gasteiger partial charge in [0.2, 0.25) is 0 Å². The Labute approximate surface area is 78.2 Å². The van der Waals surface area contributed by atoms with Crippen molar-refractivity contribution in [1.29, 1.82) is 0 Å². The molecule has 0 spiro atoms. The number of nitrogens with one attached hydrogen (secondary N) is 1. The van der Waals surface area contributed by atoms with Gasteiger partial charge >= 0.3 is 0 Å². The SMILES string of the molecule is CCOc1ccc2c(c1)C=CCN2. The van der Waals surface area contributed by atoms with E-state index in [4.69, 9.17) is 4.74 Å². The third kappa shape index (κ3) is 1.66. The molecule has 0 saturated heterocycles. The summed E-state index contributed by atoms with van der Waals surface area (Å²) in [5, 5.41) is 3.29. The van der Waals surface area contributed by atoms with Gasteiger partial charge in [-0.05, 0) is 25.1 Å². The van der Waals surface area contributed by atoms with Gasteiger partial charge in [0.1, 0.15) is 5.75 Å². The van der Waals surface area contributed by atoms with Crippen molar-refractivity contribution in [2.24, 2.45) is 0 Å². The summed E-state index contributed by atoms with van der Waals surface area (Å²) < 4.78 is 5.41. The van der Waals surface area contributed by atoms with Gasteiger partial charge in [-0.3, -0.25) is 0 Å². The van der Waals surface area contributed by atoms with Crippen LogP contribution in [-0.4, -0.2) is 13.2 Å². The molecule has 0 saturated carbocycles. The van der Waals surface area contributed by atoms with Gasteiger partial charge in [0.25, 0.3) is 0 Å². The number of fused-ring (bicyclic) bond motifs is 1. The molecule has 0 bridgehead atoms. The van der Waals surface area contributed by atoms with Crippen LogP contribution in [0.4, 0.5) is 5.69 Å². The van der Waals surface area contributed by atoms with E-state index in [2.05, 4.69) is 29.6 Å². The van der Waals surface area contributed by atoms with Gasteiger partial charge in [-0.2, -0.15) is 0 Å². The fourth-order valence-electron chi connectivity index (χ4n) is 1.45. The molecule has 68 valence electrons. The second-order valence-corrected chi connectivity index (χ2v) is 2.97. The minimum absolute atomic E-state index is 0.718. The van der Waals surface area contributed by atoms with E-state index in [0.717, 1.165) is 18.9 Å². The summed E-state index contributed by atoms with van der Waals surface area (Å²) in [5.41, 5.74) is 2.39. The molecule has 0 radical (unpaired) electrons. The molecule has 0 fully saturated rings. The number of benzene rings is 1. The lowest BCUT2D eigenvalue weighted by Crippen LogP contribution is -2.04. The predicted molar refractivity (Wildman–Crippen MR) is 55.1 cm³/mol. The molecule has 0 atom stereocenters. The maximum absolute atomic E-state index is 5.41. The van der Waals surface area contributed by atoms with Crippen molar-refractivity contribution >= 4 is 11.8 Å². The Bertz CT molecular complexity index is 331. The van der Waals surface area contributed by atoms with E-state index in [1.165, 1.54) is 11.3 Å². The third-order valence-corrected chi connectivity index (χ3v) is 2.04. The average molecular weight is 175 g/mol. The van der Waals surface area contributed by atoms with Crippen LogP contribution in [0.3, 0.4) is 0 Å². The molecule has 13 heavy (non-hydrogen) atoms. The van der Waals surface area contributed by atoms with Crippen LogP contribution in [0.1, 0.15) is 12.5 Å². The molecule has 2 nitrogen and oxygen atoms in total. The molecule has 0 aromatic heterocycles. The van der Waals surface area contributed by atoms with Gasteiger partial charge < -0.3 is 10.1 Å². The molecular weight excluding hydrogens is 162 g/mol. The normalized spacial score (nSPS) is 13.3. The number of hydrogen-bond acceptors (Lipinski definition) is 2. The maximum Gasteiger partial charge on any atom is 0.120 e. The van der Waals surface area contributed by atoms with Gasteiger partial charge in [0, 0.05) is 17.8 Å². The first-order valence-electron chi connectivity index (χ1n) is 4.57. The lowest BCUT2D eigenvalue weighted by molar-refractivity contribution is 0.340. The Hall–Kier alpha value is -1.44. The molecule has 1 aliphatic rings. The van der Waals surface area contributed by atoms with Crippen LogP contribution in [0.25, 0.3) is 6.08 Å². The van der Waals surface area contributed by atoms with Crippen LogP contribution in [0.5, 0.6) is 5.75 Å². The summed E-state index contributed by atoms with van der Waals surface area (Å²) in [4.78, 5) is 0. The van der Waals surface area contributed by atoms with Crippen molar-refractivity contribution in [3.05, 3.63) is 29.8 Å². The van der Waals surface area contributed by atoms with E-state index in [1.54, 1.807) is 0 Å². The zero-order chi connectivity index (χ0) is 9.10. The summed E-state index contributed by atoms with van der Waals surface area (Å²) in [6.45, 7) is 3.63. The number of anilines is 1.